The summed E-state index contributed by atoms with van der Waals surface area (Å²) in [7, 11) is 0. The zero-order chi connectivity index (χ0) is 10.8. The molecule has 0 amide bonds. The second kappa shape index (κ2) is 4.32. The number of thiophene rings is 1. The number of ether oxygens (including phenoxy) is 1. The van der Waals surface area contributed by atoms with Crippen molar-refractivity contribution >= 4 is 11.3 Å². The van der Waals surface area contributed by atoms with Gasteiger partial charge in [0.25, 0.3) is 0 Å². The Kier molecular flexibility index (Phi) is 2.69. The molecule has 1 saturated heterocycles. The summed E-state index contributed by atoms with van der Waals surface area (Å²) < 4.78 is 5.60. The summed E-state index contributed by atoms with van der Waals surface area (Å²) in [6.07, 6.45) is -0.00466. The Hall–Kier alpha value is -1.24. The van der Waals surface area contributed by atoms with Crippen LogP contribution >= 0.6 is 11.3 Å². The summed E-state index contributed by atoms with van der Waals surface area (Å²) in [6, 6.07) is 4.01. The number of H-pyrrole nitrogens is 1. The smallest absolute Gasteiger partial charge is 0.191 e. The molecule has 3 rings (SSSR count). The lowest BCUT2D eigenvalue weighted by atomic mass is 10.3. The largest absolute Gasteiger partial charge is 0.368 e. The summed E-state index contributed by atoms with van der Waals surface area (Å²) in [5.74, 6) is 1.55. The van der Waals surface area contributed by atoms with Crippen LogP contribution in [0.25, 0.3) is 10.7 Å². The highest BCUT2D eigenvalue weighted by atomic mass is 32.1. The molecule has 0 bridgehead atoms. The average molecular weight is 236 g/mol. The van der Waals surface area contributed by atoms with Gasteiger partial charge in [-0.3, -0.25) is 5.10 Å². The van der Waals surface area contributed by atoms with Gasteiger partial charge in [-0.05, 0) is 11.4 Å². The van der Waals surface area contributed by atoms with Gasteiger partial charge in [-0.1, -0.05) is 6.07 Å². The van der Waals surface area contributed by atoms with E-state index >= 15 is 0 Å². The first kappa shape index (κ1) is 9.95. The minimum absolute atomic E-state index is 0.00466. The van der Waals surface area contributed by atoms with E-state index in [1.165, 1.54) is 0 Å². The molecule has 84 valence electrons. The monoisotopic (exact) mass is 236 g/mol. The van der Waals surface area contributed by atoms with Gasteiger partial charge in [0.1, 0.15) is 6.10 Å². The number of aromatic nitrogens is 3. The molecule has 2 N–H and O–H groups in total. The van der Waals surface area contributed by atoms with Gasteiger partial charge >= 0.3 is 0 Å². The first-order valence-corrected chi connectivity index (χ1v) is 6.10. The third-order valence-electron chi connectivity index (χ3n) is 2.48. The third-order valence-corrected chi connectivity index (χ3v) is 3.34. The molecular weight excluding hydrogens is 224 g/mol. The zero-order valence-corrected chi connectivity index (χ0v) is 9.46. The lowest BCUT2D eigenvalue weighted by Crippen LogP contribution is -2.33. The Morgan fingerprint density at radius 1 is 1.50 bits per heavy atom. The summed E-state index contributed by atoms with van der Waals surface area (Å²) in [6.45, 7) is 2.42. The highest BCUT2D eigenvalue weighted by Gasteiger charge is 2.19. The quantitative estimate of drug-likeness (QED) is 0.822. The normalized spacial score (nSPS) is 21.1. The molecule has 0 radical (unpaired) electrons. The lowest BCUT2D eigenvalue weighted by Gasteiger charge is -2.21. The van der Waals surface area contributed by atoms with Gasteiger partial charge in [0.2, 0.25) is 0 Å². The van der Waals surface area contributed by atoms with Gasteiger partial charge < -0.3 is 10.1 Å². The van der Waals surface area contributed by atoms with Crippen molar-refractivity contribution in [3.05, 3.63) is 23.3 Å². The van der Waals surface area contributed by atoms with Crippen LogP contribution in [0.2, 0.25) is 0 Å². The van der Waals surface area contributed by atoms with Gasteiger partial charge in [-0.2, -0.15) is 5.10 Å². The van der Waals surface area contributed by atoms with Gasteiger partial charge in [0.05, 0.1) is 11.5 Å². The molecule has 2 aromatic heterocycles. The number of morpholine rings is 1. The Morgan fingerprint density at radius 3 is 3.25 bits per heavy atom. The van der Waals surface area contributed by atoms with Crippen molar-refractivity contribution in [3.8, 4) is 10.7 Å². The second-order valence-corrected chi connectivity index (χ2v) is 4.53. The summed E-state index contributed by atoms with van der Waals surface area (Å²) in [5.41, 5.74) is 0. The van der Waals surface area contributed by atoms with E-state index in [1.807, 2.05) is 17.5 Å². The van der Waals surface area contributed by atoms with Crippen LogP contribution < -0.4 is 5.32 Å². The van der Waals surface area contributed by atoms with E-state index in [0.29, 0.717) is 0 Å². The minimum atomic E-state index is -0.00466. The van der Waals surface area contributed by atoms with Crippen LogP contribution in [0, 0.1) is 0 Å². The van der Waals surface area contributed by atoms with E-state index in [2.05, 4.69) is 20.5 Å². The minimum Gasteiger partial charge on any atom is -0.368 e. The average Bonchev–Trinajstić information content (AvgIpc) is 3.01. The Labute approximate surface area is 96.9 Å². The molecule has 0 saturated carbocycles. The third kappa shape index (κ3) is 1.87. The van der Waals surface area contributed by atoms with Gasteiger partial charge in [-0.25, -0.2) is 4.98 Å². The first-order chi connectivity index (χ1) is 7.93. The summed E-state index contributed by atoms with van der Waals surface area (Å²) in [5, 5.41) is 12.4. The van der Waals surface area contributed by atoms with E-state index in [-0.39, 0.29) is 6.10 Å². The first-order valence-electron chi connectivity index (χ1n) is 5.22. The molecule has 1 aliphatic heterocycles. The van der Waals surface area contributed by atoms with E-state index in [1.54, 1.807) is 11.3 Å². The van der Waals surface area contributed by atoms with E-state index in [9.17, 15) is 0 Å². The van der Waals surface area contributed by atoms with Crippen LogP contribution in [-0.2, 0) is 4.74 Å². The van der Waals surface area contributed by atoms with Crippen LogP contribution in [0.5, 0.6) is 0 Å². The number of hydrogen-bond donors (Lipinski definition) is 2. The second-order valence-electron chi connectivity index (χ2n) is 3.59. The van der Waals surface area contributed by atoms with Gasteiger partial charge in [-0.15, -0.1) is 11.3 Å². The molecule has 1 aliphatic rings. The molecule has 2 aromatic rings. The molecule has 0 spiro atoms. The van der Waals surface area contributed by atoms with Crippen molar-refractivity contribution in [3.63, 3.8) is 0 Å². The van der Waals surface area contributed by atoms with E-state index in [4.69, 9.17) is 4.74 Å². The van der Waals surface area contributed by atoms with Crippen molar-refractivity contribution in [2.45, 2.75) is 6.10 Å². The van der Waals surface area contributed by atoms with E-state index in [0.717, 1.165) is 36.2 Å². The Bertz CT molecular complexity index is 447. The Balaban J connectivity index is 1.82. The molecule has 1 unspecified atom stereocenters. The van der Waals surface area contributed by atoms with E-state index < -0.39 is 0 Å². The maximum absolute atomic E-state index is 5.60. The highest BCUT2D eigenvalue weighted by molar-refractivity contribution is 7.13. The molecule has 3 heterocycles. The molecule has 5 nitrogen and oxygen atoms in total. The van der Waals surface area contributed by atoms with Crippen LogP contribution in [-0.4, -0.2) is 34.9 Å². The summed E-state index contributed by atoms with van der Waals surface area (Å²) >= 11 is 1.63. The molecule has 0 aliphatic carbocycles. The van der Waals surface area contributed by atoms with Crippen LogP contribution in [0.3, 0.4) is 0 Å². The number of aromatic amines is 1. The van der Waals surface area contributed by atoms with Crippen molar-refractivity contribution < 1.29 is 4.74 Å². The van der Waals surface area contributed by atoms with Crippen molar-refractivity contribution in [1.29, 1.82) is 0 Å². The maximum atomic E-state index is 5.60. The topological polar surface area (TPSA) is 62.8 Å². The number of rotatable bonds is 2. The lowest BCUT2D eigenvalue weighted by molar-refractivity contribution is 0.0224. The fourth-order valence-electron chi connectivity index (χ4n) is 1.68. The molecule has 1 atom stereocenters. The van der Waals surface area contributed by atoms with Crippen LogP contribution in [0.1, 0.15) is 11.9 Å². The highest BCUT2D eigenvalue weighted by Crippen LogP contribution is 2.22. The maximum Gasteiger partial charge on any atom is 0.191 e. The molecule has 6 heteroatoms. The zero-order valence-electron chi connectivity index (χ0n) is 8.64. The molecule has 1 fully saturated rings. The van der Waals surface area contributed by atoms with Gasteiger partial charge in [0.15, 0.2) is 11.6 Å². The van der Waals surface area contributed by atoms with Gasteiger partial charge in [0, 0.05) is 13.1 Å². The van der Waals surface area contributed by atoms with Crippen molar-refractivity contribution in [2.24, 2.45) is 0 Å². The Morgan fingerprint density at radius 2 is 2.50 bits per heavy atom. The fraction of sp³-hybridized carbons (Fsp3) is 0.400. The molecular formula is C10H12N4OS. The van der Waals surface area contributed by atoms with Crippen molar-refractivity contribution in [2.75, 3.05) is 19.7 Å². The molecule has 16 heavy (non-hydrogen) atoms. The van der Waals surface area contributed by atoms with Crippen LogP contribution in [0.4, 0.5) is 0 Å². The SMILES string of the molecule is c1csc(-c2n[nH]c(C3CNCCO3)n2)c1. The fourth-order valence-corrected chi connectivity index (χ4v) is 2.33. The number of nitrogens with one attached hydrogen (secondary N) is 2. The summed E-state index contributed by atoms with van der Waals surface area (Å²) in [4.78, 5) is 5.53. The number of hydrogen-bond acceptors (Lipinski definition) is 5. The number of nitrogens with zero attached hydrogens (tertiary/aromatic N) is 2. The standard InChI is InChI=1S/C10H12N4OS/c1-2-8(16-5-1)10-12-9(13-14-10)7-6-11-3-4-15-7/h1-2,5,7,11H,3-4,6H2,(H,12,13,14). The molecule has 0 aromatic carbocycles. The predicted molar refractivity (Wildman–Crippen MR) is 61.3 cm³/mol. The van der Waals surface area contributed by atoms with Crippen molar-refractivity contribution in [1.82, 2.24) is 20.5 Å². The van der Waals surface area contributed by atoms with Crippen LogP contribution in [0.15, 0.2) is 17.5 Å². The predicted octanol–water partition coefficient (Wildman–Crippen LogP) is 1.19.